The third-order valence-electron chi connectivity index (χ3n) is 3.57. The molecule has 7 heteroatoms. The highest BCUT2D eigenvalue weighted by Gasteiger charge is 2.44. The Kier molecular flexibility index (Phi) is 3.74. The van der Waals surface area contributed by atoms with Crippen molar-refractivity contribution < 1.29 is 13.2 Å². The van der Waals surface area contributed by atoms with E-state index in [1.54, 1.807) is 0 Å². The summed E-state index contributed by atoms with van der Waals surface area (Å²) in [6, 6.07) is 0. The number of hydrogen-bond acceptors (Lipinski definition) is 4. The Labute approximate surface area is 103 Å². The minimum absolute atomic E-state index is 0.335. The Balaban J connectivity index is 2.04. The van der Waals surface area contributed by atoms with Crippen LogP contribution in [0.4, 0.5) is 0 Å². The summed E-state index contributed by atoms with van der Waals surface area (Å²) in [5.41, 5.74) is 5.21. The number of rotatable bonds is 5. The summed E-state index contributed by atoms with van der Waals surface area (Å²) >= 11 is 0. The molecule has 17 heavy (non-hydrogen) atoms. The minimum atomic E-state index is -3.43. The van der Waals surface area contributed by atoms with Crippen LogP contribution in [0.15, 0.2) is 0 Å². The molecule has 1 aliphatic carbocycles. The van der Waals surface area contributed by atoms with Gasteiger partial charge in [0.05, 0.1) is 13.2 Å². The number of hydrogen-bond donors (Lipinski definition) is 2. The molecular formula is C10H21N3O3S. The zero-order valence-corrected chi connectivity index (χ0v) is 11.0. The first kappa shape index (κ1) is 13.2. The summed E-state index contributed by atoms with van der Waals surface area (Å²) in [5, 5.41) is 0. The van der Waals surface area contributed by atoms with Gasteiger partial charge in [-0.1, -0.05) is 0 Å². The van der Waals surface area contributed by atoms with Gasteiger partial charge in [0.25, 0.3) is 10.2 Å². The molecule has 0 radical (unpaired) electrons. The first-order valence-corrected chi connectivity index (χ1v) is 7.49. The van der Waals surface area contributed by atoms with Crippen molar-refractivity contribution in [3.8, 4) is 0 Å². The van der Waals surface area contributed by atoms with Crippen molar-refractivity contribution in [1.82, 2.24) is 9.03 Å². The van der Waals surface area contributed by atoms with E-state index in [0.717, 1.165) is 12.8 Å². The summed E-state index contributed by atoms with van der Waals surface area (Å²) in [6.45, 7) is 3.98. The fourth-order valence-electron chi connectivity index (χ4n) is 2.16. The van der Waals surface area contributed by atoms with E-state index in [1.807, 2.05) is 6.92 Å². The van der Waals surface area contributed by atoms with Crippen molar-refractivity contribution in [2.75, 3.05) is 32.8 Å². The molecule has 1 unspecified atom stereocenters. The van der Waals surface area contributed by atoms with Crippen LogP contribution in [-0.2, 0) is 14.9 Å². The molecule has 0 spiro atoms. The quantitative estimate of drug-likeness (QED) is 0.685. The molecule has 1 saturated carbocycles. The lowest BCUT2D eigenvalue weighted by molar-refractivity contribution is 0.0718. The molecule has 2 rings (SSSR count). The molecule has 1 aliphatic heterocycles. The van der Waals surface area contributed by atoms with Gasteiger partial charge in [-0.05, 0) is 25.7 Å². The van der Waals surface area contributed by atoms with Crippen molar-refractivity contribution in [3.05, 3.63) is 0 Å². The average Bonchev–Trinajstić information content (AvgIpc) is 3.14. The van der Waals surface area contributed by atoms with E-state index in [2.05, 4.69) is 4.72 Å². The van der Waals surface area contributed by atoms with Gasteiger partial charge in [-0.25, -0.2) is 0 Å². The molecule has 1 atom stereocenters. The maximum Gasteiger partial charge on any atom is 0.280 e. The topological polar surface area (TPSA) is 84.7 Å². The molecule has 0 aromatic rings. The van der Waals surface area contributed by atoms with Gasteiger partial charge in [0, 0.05) is 25.2 Å². The molecule has 2 aliphatic rings. The molecule has 0 bridgehead atoms. The predicted octanol–water partition coefficient (Wildman–Crippen LogP) is -0.720. The second kappa shape index (κ2) is 4.81. The first-order chi connectivity index (χ1) is 7.98. The molecule has 0 aromatic carbocycles. The predicted molar refractivity (Wildman–Crippen MR) is 64.6 cm³/mol. The van der Waals surface area contributed by atoms with Crippen molar-refractivity contribution in [3.63, 3.8) is 0 Å². The largest absolute Gasteiger partial charge is 0.379 e. The van der Waals surface area contributed by atoms with E-state index in [-0.39, 0.29) is 0 Å². The lowest BCUT2D eigenvalue weighted by Crippen LogP contribution is -2.58. The number of morpholine rings is 1. The van der Waals surface area contributed by atoms with Crippen molar-refractivity contribution >= 4 is 10.2 Å². The Bertz CT molecular complexity index is 363. The van der Waals surface area contributed by atoms with Crippen LogP contribution in [0.3, 0.4) is 0 Å². The maximum absolute atomic E-state index is 12.2. The Morgan fingerprint density at radius 1 is 1.41 bits per heavy atom. The minimum Gasteiger partial charge on any atom is -0.379 e. The lowest BCUT2D eigenvalue weighted by Gasteiger charge is -2.34. The van der Waals surface area contributed by atoms with Crippen molar-refractivity contribution in [1.29, 1.82) is 0 Å². The molecule has 0 aromatic heterocycles. The monoisotopic (exact) mass is 263 g/mol. The molecular weight excluding hydrogens is 242 g/mol. The van der Waals surface area contributed by atoms with Gasteiger partial charge in [0.15, 0.2) is 0 Å². The fourth-order valence-corrected chi connectivity index (χ4v) is 3.76. The summed E-state index contributed by atoms with van der Waals surface area (Å²) < 4.78 is 33.8. The summed E-state index contributed by atoms with van der Waals surface area (Å²) in [6.07, 6.45) is 2.11. The van der Waals surface area contributed by atoms with Gasteiger partial charge in [0.1, 0.15) is 0 Å². The maximum atomic E-state index is 12.2. The van der Waals surface area contributed by atoms with Crippen LogP contribution in [0.5, 0.6) is 0 Å². The van der Waals surface area contributed by atoms with Crippen molar-refractivity contribution in [2.24, 2.45) is 11.7 Å². The number of nitrogens with zero attached hydrogens (tertiary/aromatic N) is 1. The van der Waals surface area contributed by atoms with Crippen LogP contribution in [0.25, 0.3) is 0 Å². The second-order valence-electron chi connectivity index (χ2n) is 5.01. The first-order valence-electron chi connectivity index (χ1n) is 6.05. The highest BCUT2D eigenvalue weighted by atomic mass is 32.2. The molecule has 1 heterocycles. The third-order valence-corrected chi connectivity index (χ3v) is 5.34. The lowest BCUT2D eigenvalue weighted by atomic mass is 9.98. The summed E-state index contributed by atoms with van der Waals surface area (Å²) in [4.78, 5) is 0. The van der Waals surface area contributed by atoms with Crippen molar-refractivity contribution in [2.45, 2.75) is 25.3 Å². The van der Waals surface area contributed by atoms with E-state index in [9.17, 15) is 8.42 Å². The van der Waals surface area contributed by atoms with Crippen LogP contribution in [0.2, 0.25) is 0 Å². The van der Waals surface area contributed by atoms with Crippen LogP contribution in [0.1, 0.15) is 19.8 Å². The van der Waals surface area contributed by atoms with E-state index < -0.39 is 15.7 Å². The van der Waals surface area contributed by atoms with Crippen LogP contribution < -0.4 is 10.5 Å². The molecule has 1 saturated heterocycles. The van der Waals surface area contributed by atoms with Gasteiger partial charge in [-0.15, -0.1) is 0 Å². The number of ether oxygens (including phenoxy) is 1. The number of nitrogens with two attached hydrogens (primary N) is 1. The zero-order chi connectivity index (χ0) is 12.5. The van der Waals surface area contributed by atoms with Gasteiger partial charge in [-0.2, -0.15) is 17.4 Å². The highest BCUT2D eigenvalue weighted by molar-refractivity contribution is 7.87. The standard InChI is InChI=1S/C10H21N3O3S/c1-10(8-11,9-2-3-9)12-17(14,15)13-4-6-16-7-5-13/h9,12H,2-8,11H2,1H3. The zero-order valence-electron chi connectivity index (χ0n) is 10.2. The molecule has 6 nitrogen and oxygen atoms in total. The Morgan fingerprint density at radius 3 is 2.47 bits per heavy atom. The van der Waals surface area contributed by atoms with E-state index >= 15 is 0 Å². The summed E-state index contributed by atoms with van der Waals surface area (Å²) in [7, 11) is -3.43. The van der Waals surface area contributed by atoms with Crippen LogP contribution >= 0.6 is 0 Å². The van der Waals surface area contributed by atoms with E-state index in [4.69, 9.17) is 10.5 Å². The fraction of sp³-hybridized carbons (Fsp3) is 1.00. The Hall–Kier alpha value is -0.210. The normalized spacial score (nSPS) is 26.7. The average molecular weight is 263 g/mol. The SMILES string of the molecule is CC(CN)(NS(=O)(=O)N1CCOCC1)C1CC1. The van der Waals surface area contributed by atoms with Gasteiger partial charge < -0.3 is 10.5 Å². The molecule has 2 fully saturated rings. The van der Waals surface area contributed by atoms with Gasteiger partial charge >= 0.3 is 0 Å². The Morgan fingerprint density at radius 2 is 2.00 bits per heavy atom. The van der Waals surface area contributed by atoms with E-state index in [1.165, 1.54) is 4.31 Å². The van der Waals surface area contributed by atoms with Crippen LogP contribution in [0, 0.1) is 5.92 Å². The molecule has 100 valence electrons. The molecule has 0 amide bonds. The van der Waals surface area contributed by atoms with Gasteiger partial charge in [0.2, 0.25) is 0 Å². The number of nitrogens with one attached hydrogen (secondary N) is 1. The smallest absolute Gasteiger partial charge is 0.280 e. The third kappa shape index (κ3) is 2.97. The second-order valence-corrected chi connectivity index (χ2v) is 6.69. The highest BCUT2D eigenvalue weighted by Crippen LogP contribution is 2.39. The van der Waals surface area contributed by atoms with Gasteiger partial charge in [-0.3, -0.25) is 0 Å². The summed E-state index contributed by atoms with van der Waals surface area (Å²) in [5.74, 6) is 0.378. The van der Waals surface area contributed by atoms with Crippen LogP contribution in [-0.4, -0.2) is 51.1 Å². The van der Waals surface area contributed by atoms with E-state index in [0.29, 0.717) is 38.8 Å². The molecule has 3 N–H and O–H groups in total.